The number of nitrogens with two attached hydrogens (primary N) is 1. The molecule has 3 aliphatic rings. The molecule has 1 aliphatic heterocycles. The van der Waals surface area contributed by atoms with Crippen molar-refractivity contribution < 1.29 is 4.79 Å². The van der Waals surface area contributed by atoms with Crippen LogP contribution >= 0.6 is 0 Å². The molecule has 2 N–H and O–H groups in total. The van der Waals surface area contributed by atoms with Crippen molar-refractivity contribution in [2.24, 2.45) is 11.0 Å². The largest absolute Gasteiger partial charge is 0.399 e. The van der Waals surface area contributed by atoms with Crippen LogP contribution in [0, 0.1) is 5.92 Å². The lowest BCUT2D eigenvalue weighted by molar-refractivity contribution is 0.151. The molecule has 4 aromatic rings. The molecule has 0 saturated heterocycles. The zero-order valence-electron chi connectivity index (χ0n) is 24.7. The molecule has 2 saturated carbocycles. The van der Waals surface area contributed by atoms with Crippen molar-refractivity contribution in [3.8, 4) is 0 Å². The second-order valence-electron chi connectivity index (χ2n) is 12.4. The molecule has 218 valence electrons. The van der Waals surface area contributed by atoms with Gasteiger partial charge in [0, 0.05) is 22.6 Å². The third-order valence-electron chi connectivity index (χ3n) is 9.97. The van der Waals surface area contributed by atoms with Gasteiger partial charge in [0.25, 0.3) is 0 Å². The van der Waals surface area contributed by atoms with E-state index in [2.05, 4.69) is 78.9 Å². The van der Waals surface area contributed by atoms with Crippen molar-refractivity contribution in [2.45, 2.75) is 69.2 Å². The maximum absolute atomic E-state index is 14.7. The van der Waals surface area contributed by atoms with Crippen LogP contribution in [0.2, 0.25) is 0 Å². The zero-order chi connectivity index (χ0) is 29.2. The standard InChI is InChI=1S/C38H40N4O/c39-31-20-22-32(23-21-31)41-35-19-11-10-18-34(35)36(28-12-4-1-5-13-28)40-42(37(41)43)33-24-26-38(27-25-33,29-14-6-2-7-15-29)30-16-8-3-9-17-30/h2-3,6-11,14-23,28,33H,1,4-5,12-13,24-27,39H2. The maximum atomic E-state index is 14.7. The number of hydrogen-bond acceptors (Lipinski definition) is 3. The Hall–Kier alpha value is -4.38. The van der Waals surface area contributed by atoms with Gasteiger partial charge in [-0.1, -0.05) is 98.1 Å². The van der Waals surface area contributed by atoms with Gasteiger partial charge in [-0.05, 0) is 80.0 Å². The van der Waals surface area contributed by atoms with E-state index in [9.17, 15) is 4.79 Å². The molecule has 4 aromatic carbocycles. The Morgan fingerprint density at radius 1 is 0.674 bits per heavy atom. The summed E-state index contributed by atoms with van der Waals surface area (Å²) in [7, 11) is 0. The monoisotopic (exact) mass is 568 g/mol. The van der Waals surface area contributed by atoms with Crippen molar-refractivity contribution in [3.63, 3.8) is 0 Å². The predicted octanol–water partition coefficient (Wildman–Crippen LogP) is 9.06. The van der Waals surface area contributed by atoms with Crippen molar-refractivity contribution in [1.82, 2.24) is 5.01 Å². The number of benzene rings is 4. The first-order chi connectivity index (χ1) is 21.1. The van der Waals surface area contributed by atoms with Crippen LogP contribution in [-0.4, -0.2) is 22.8 Å². The molecule has 0 atom stereocenters. The second-order valence-corrected chi connectivity index (χ2v) is 12.4. The van der Waals surface area contributed by atoms with Gasteiger partial charge in [0.15, 0.2) is 0 Å². The van der Waals surface area contributed by atoms with Crippen molar-refractivity contribution >= 4 is 28.8 Å². The Bertz CT molecular complexity index is 1540. The number of rotatable bonds is 5. The minimum absolute atomic E-state index is 0.0113. The Kier molecular flexibility index (Phi) is 7.48. The molecule has 2 aliphatic carbocycles. The number of urea groups is 1. The number of carbonyl (C=O) groups excluding carboxylic acids is 1. The highest BCUT2D eigenvalue weighted by Gasteiger charge is 2.43. The highest BCUT2D eigenvalue weighted by atomic mass is 16.2. The van der Waals surface area contributed by atoms with Gasteiger partial charge in [-0.25, -0.2) is 9.80 Å². The van der Waals surface area contributed by atoms with Crippen LogP contribution in [0.4, 0.5) is 21.9 Å². The number of carbonyl (C=O) groups is 1. The third-order valence-corrected chi connectivity index (χ3v) is 9.97. The lowest BCUT2D eigenvalue weighted by atomic mass is 9.64. The molecule has 0 spiro atoms. The summed E-state index contributed by atoms with van der Waals surface area (Å²) in [4.78, 5) is 16.6. The normalized spacial score (nSPS) is 19.4. The van der Waals surface area contributed by atoms with E-state index < -0.39 is 0 Å². The van der Waals surface area contributed by atoms with E-state index >= 15 is 0 Å². The number of nitrogens with zero attached hydrogens (tertiary/aromatic N) is 3. The Morgan fingerprint density at radius 2 is 1.26 bits per heavy atom. The molecule has 0 bridgehead atoms. The summed E-state index contributed by atoms with van der Waals surface area (Å²) in [6, 6.07) is 37.7. The lowest BCUT2D eigenvalue weighted by Gasteiger charge is -2.43. The quantitative estimate of drug-likeness (QED) is 0.244. The van der Waals surface area contributed by atoms with E-state index in [0.717, 1.165) is 61.2 Å². The number of fused-ring (bicyclic) bond motifs is 1. The Labute approximate surface area is 255 Å². The molecule has 5 heteroatoms. The van der Waals surface area contributed by atoms with Crippen LogP contribution in [0.3, 0.4) is 0 Å². The average molecular weight is 569 g/mol. The van der Waals surface area contributed by atoms with Gasteiger partial charge in [-0.3, -0.25) is 4.90 Å². The summed E-state index contributed by atoms with van der Waals surface area (Å²) < 4.78 is 0. The summed E-state index contributed by atoms with van der Waals surface area (Å²) >= 11 is 0. The molecule has 1 heterocycles. The number of hydrazone groups is 1. The van der Waals surface area contributed by atoms with Crippen LogP contribution in [0.1, 0.15) is 74.5 Å². The zero-order valence-corrected chi connectivity index (χ0v) is 24.7. The second kappa shape index (κ2) is 11.7. The van der Waals surface area contributed by atoms with Crippen LogP contribution in [0.5, 0.6) is 0 Å². The number of nitrogen functional groups attached to an aromatic ring is 1. The molecule has 5 nitrogen and oxygen atoms in total. The minimum Gasteiger partial charge on any atom is -0.399 e. The molecule has 43 heavy (non-hydrogen) atoms. The summed E-state index contributed by atoms with van der Waals surface area (Å²) in [6.45, 7) is 0. The first kappa shape index (κ1) is 27.5. The van der Waals surface area contributed by atoms with Gasteiger partial charge in [0.05, 0.1) is 23.1 Å². The number of anilines is 3. The van der Waals surface area contributed by atoms with Crippen molar-refractivity contribution in [1.29, 1.82) is 0 Å². The smallest absolute Gasteiger partial charge is 0.349 e. The Morgan fingerprint density at radius 3 is 1.88 bits per heavy atom. The molecule has 0 radical (unpaired) electrons. The van der Waals surface area contributed by atoms with Gasteiger partial charge >= 0.3 is 6.03 Å². The summed E-state index contributed by atoms with van der Waals surface area (Å²) in [6.07, 6.45) is 9.60. The fraction of sp³-hybridized carbons (Fsp3) is 0.316. The summed E-state index contributed by atoms with van der Waals surface area (Å²) in [5.41, 5.74) is 13.2. The van der Waals surface area contributed by atoms with Crippen LogP contribution in [0.15, 0.2) is 114 Å². The lowest BCUT2D eigenvalue weighted by Crippen LogP contribution is -2.47. The molecule has 2 amide bonds. The third kappa shape index (κ3) is 5.11. The highest BCUT2D eigenvalue weighted by molar-refractivity contribution is 6.13. The number of amides is 2. The van der Waals surface area contributed by atoms with Crippen molar-refractivity contribution in [2.75, 3.05) is 10.6 Å². The maximum Gasteiger partial charge on any atom is 0.349 e. The van der Waals surface area contributed by atoms with Gasteiger partial charge in [0.2, 0.25) is 0 Å². The average Bonchev–Trinajstić information content (AvgIpc) is 3.20. The predicted molar refractivity (Wildman–Crippen MR) is 176 cm³/mol. The summed E-state index contributed by atoms with van der Waals surface area (Å²) in [5.74, 6) is 0.355. The minimum atomic E-state index is -0.0834. The molecule has 2 fully saturated rings. The Balaban J connectivity index is 1.29. The van der Waals surface area contributed by atoms with Crippen molar-refractivity contribution in [3.05, 3.63) is 126 Å². The number of para-hydroxylation sites is 1. The molecule has 0 unspecified atom stereocenters. The van der Waals surface area contributed by atoms with E-state index in [-0.39, 0.29) is 17.5 Å². The van der Waals surface area contributed by atoms with E-state index in [0.29, 0.717) is 11.6 Å². The molecule has 7 rings (SSSR count). The van der Waals surface area contributed by atoms with Gasteiger partial charge < -0.3 is 5.73 Å². The first-order valence-corrected chi connectivity index (χ1v) is 15.9. The van der Waals surface area contributed by atoms with E-state index in [1.54, 1.807) is 0 Å². The summed E-state index contributed by atoms with van der Waals surface area (Å²) in [5, 5.41) is 7.23. The highest BCUT2D eigenvalue weighted by Crippen LogP contribution is 2.47. The van der Waals surface area contributed by atoms with E-state index in [1.165, 1.54) is 30.4 Å². The SMILES string of the molecule is Nc1ccc(N2C(=O)N(C3CCC(c4ccccc4)(c4ccccc4)CC3)N=C(C3CCCCC3)c3ccccc32)cc1. The first-order valence-electron chi connectivity index (χ1n) is 15.9. The van der Waals surface area contributed by atoms with E-state index in [1.807, 2.05) is 40.2 Å². The fourth-order valence-corrected chi connectivity index (χ4v) is 7.69. The van der Waals surface area contributed by atoms with Gasteiger partial charge in [0.1, 0.15) is 0 Å². The van der Waals surface area contributed by atoms with Crippen LogP contribution in [-0.2, 0) is 5.41 Å². The molecular formula is C38H40N4O. The fourth-order valence-electron chi connectivity index (χ4n) is 7.69. The topological polar surface area (TPSA) is 61.9 Å². The number of hydrogen-bond donors (Lipinski definition) is 1. The van der Waals surface area contributed by atoms with Gasteiger partial charge in [-0.2, -0.15) is 5.10 Å². The molecule has 0 aromatic heterocycles. The molecular weight excluding hydrogens is 528 g/mol. The van der Waals surface area contributed by atoms with Crippen LogP contribution < -0.4 is 10.6 Å². The van der Waals surface area contributed by atoms with E-state index in [4.69, 9.17) is 10.8 Å². The van der Waals surface area contributed by atoms with Crippen LogP contribution in [0.25, 0.3) is 0 Å². The van der Waals surface area contributed by atoms with Gasteiger partial charge in [-0.15, -0.1) is 0 Å².